The number of hydrogen-bond donors (Lipinski definition) is 0. The van der Waals surface area contributed by atoms with Gasteiger partial charge < -0.3 is 0 Å². The number of carbonyl (C=O) groups is 1. The Bertz CT molecular complexity index is 687. The summed E-state index contributed by atoms with van der Waals surface area (Å²) in [5, 5.41) is 9.96. The number of ketones is 1. The molecule has 0 spiro atoms. The first-order valence-corrected chi connectivity index (χ1v) is 6.74. The Morgan fingerprint density at radius 2 is 1.75 bits per heavy atom. The third-order valence-corrected chi connectivity index (χ3v) is 3.75. The van der Waals surface area contributed by atoms with Crippen LogP contribution in [0.5, 0.6) is 0 Å². The first-order valence-electron chi connectivity index (χ1n) is 5.98. The number of Topliss-reactive ketones (excluding diaryl/α,β-unsaturated/α-hetero) is 1. The fourth-order valence-electron chi connectivity index (χ4n) is 1.86. The maximum absolute atomic E-state index is 12.4. The van der Waals surface area contributed by atoms with E-state index in [0.717, 1.165) is 5.56 Å². The van der Waals surface area contributed by atoms with E-state index in [0.29, 0.717) is 21.2 Å². The SMILES string of the molecule is Cc1ccc(C(C#N)C(=O)c2ccc(Cl)c(Cl)c2)cc1. The van der Waals surface area contributed by atoms with Crippen molar-refractivity contribution in [2.45, 2.75) is 12.8 Å². The summed E-state index contributed by atoms with van der Waals surface area (Å²) in [6.07, 6.45) is 0. The summed E-state index contributed by atoms with van der Waals surface area (Å²) < 4.78 is 0. The number of nitriles is 1. The second-order valence-electron chi connectivity index (χ2n) is 4.47. The van der Waals surface area contributed by atoms with E-state index in [1.54, 1.807) is 24.3 Å². The number of hydrogen-bond acceptors (Lipinski definition) is 2. The van der Waals surface area contributed by atoms with Gasteiger partial charge in [-0.1, -0.05) is 53.0 Å². The van der Waals surface area contributed by atoms with Crippen LogP contribution in [0.15, 0.2) is 42.5 Å². The van der Waals surface area contributed by atoms with E-state index in [9.17, 15) is 10.1 Å². The molecule has 4 heteroatoms. The highest BCUT2D eigenvalue weighted by molar-refractivity contribution is 6.42. The Morgan fingerprint density at radius 1 is 1.10 bits per heavy atom. The number of rotatable bonds is 3. The lowest BCUT2D eigenvalue weighted by Crippen LogP contribution is -2.11. The molecule has 2 rings (SSSR count). The lowest BCUT2D eigenvalue weighted by molar-refractivity contribution is 0.0979. The van der Waals surface area contributed by atoms with Crippen molar-refractivity contribution in [2.75, 3.05) is 0 Å². The van der Waals surface area contributed by atoms with Crippen molar-refractivity contribution in [3.05, 3.63) is 69.2 Å². The molecular weight excluding hydrogens is 293 g/mol. The van der Waals surface area contributed by atoms with Gasteiger partial charge >= 0.3 is 0 Å². The molecule has 1 unspecified atom stereocenters. The molecule has 2 aromatic carbocycles. The second kappa shape index (κ2) is 6.09. The Hall–Kier alpha value is -1.82. The molecule has 0 saturated carbocycles. The summed E-state index contributed by atoms with van der Waals surface area (Å²) in [5.41, 5.74) is 2.13. The number of aryl methyl sites for hydroxylation is 1. The largest absolute Gasteiger partial charge is 0.292 e. The molecule has 0 aromatic heterocycles. The van der Waals surface area contributed by atoms with Crippen molar-refractivity contribution >= 4 is 29.0 Å². The zero-order valence-corrected chi connectivity index (χ0v) is 12.2. The number of halogens is 2. The van der Waals surface area contributed by atoms with Gasteiger partial charge in [-0.15, -0.1) is 0 Å². The van der Waals surface area contributed by atoms with Gasteiger partial charge in [0.1, 0.15) is 5.92 Å². The second-order valence-corrected chi connectivity index (χ2v) is 5.28. The van der Waals surface area contributed by atoms with Crippen LogP contribution in [0.4, 0.5) is 0 Å². The van der Waals surface area contributed by atoms with Gasteiger partial charge in [-0.05, 0) is 30.7 Å². The van der Waals surface area contributed by atoms with Crippen molar-refractivity contribution in [3.8, 4) is 6.07 Å². The minimum atomic E-state index is -0.840. The molecule has 0 radical (unpaired) electrons. The third kappa shape index (κ3) is 3.01. The first-order chi connectivity index (χ1) is 9.52. The monoisotopic (exact) mass is 303 g/mol. The van der Waals surface area contributed by atoms with Crippen LogP contribution >= 0.6 is 23.2 Å². The van der Waals surface area contributed by atoms with Crippen LogP contribution in [0.2, 0.25) is 10.0 Å². The minimum Gasteiger partial charge on any atom is -0.292 e. The quantitative estimate of drug-likeness (QED) is 0.765. The van der Waals surface area contributed by atoms with Crippen molar-refractivity contribution in [2.24, 2.45) is 0 Å². The molecule has 0 aliphatic rings. The average Bonchev–Trinajstić information content (AvgIpc) is 2.44. The normalized spacial score (nSPS) is 11.7. The lowest BCUT2D eigenvalue weighted by Gasteiger charge is -2.09. The predicted molar refractivity (Wildman–Crippen MR) is 80.3 cm³/mol. The molecule has 0 fully saturated rings. The summed E-state index contributed by atoms with van der Waals surface area (Å²) in [5.74, 6) is -1.12. The fraction of sp³-hybridized carbons (Fsp3) is 0.125. The van der Waals surface area contributed by atoms with Gasteiger partial charge in [0, 0.05) is 5.56 Å². The molecule has 100 valence electrons. The predicted octanol–water partition coefficient (Wildman–Crippen LogP) is 4.79. The summed E-state index contributed by atoms with van der Waals surface area (Å²) in [7, 11) is 0. The zero-order valence-electron chi connectivity index (χ0n) is 10.7. The molecule has 0 amide bonds. The van der Waals surface area contributed by atoms with Crippen LogP contribution in [-0.2, 0) is 0 Å². The molecule has 0 aliphatic carbocycles. The molecule has 0 N–H and O–H groups in total. The molecule has 0 aliphatic heterocycles. The van der Waals surface area contributed by atoms with E-state index in [2.05, 4.69) is 0 Å². The summed E-state index contributed by atoms with van der Waals surface area (Å²) >= 11 is 11.7. The van der Waals surface area contributed by atoms with E-state index in [1.165, 1.54) is 6.07 Å². The van der Waals surface area contributed by atoms with Gasteiger partial charge in [0.25, 0.3) is 0 Å². The molecule has 2 aromatic rings. The van der Waals surface area contributed by atoms with E-state index in [4.69, 9.17) is 23.2 Å². The molecular formula is C16H11Cl2NO. The Morgan fingerprint density at radius 3 is 2.30 bits per heavy atom. The van der Waals surface area contributed by atoms with Crippen molar-refractivity contribution in [1.82, 2.24) is 0 Å². The standard InChI is InChI=1S/C16H11Cl2NO/c1-10-2-4-11(5-3-10)13(9-19)16(20)12-6-7-14(17)15(18)8-12/h2-8,13H,1H3. The maximum atomic E-state index is 12.4. The molecule has 2 nitrogen and oxygen atoms in total. The highest BCUT2D eigenvalue weighted by Gasteiger charge is 2.22. The van der Waals surface area contributed by atoms with Crippen LogP contribution in [0.3, 0.4) is 0 Å². The molecule has 0 heterocycles. The summed E-state index contributed by atoms with van der Waals surface area (Å²) in [4.78, 5) is 12.4. The molecule has 0 saturated heterocycles. The lowest BCUT2D eigenvalue weighted by atomic mass is 9.91. The highest BCUT2D eigenvalue weighted by atomic mass is 35.5. The van der Waals surface area contributed by atoms with Gasteiger partial charge in [-0.25, -0.2) is 0 Å². The zero-order chi connectivity index (χ0) is 14.7. The smallest absolute Gasteiger partial charge is 0.184 e. The fourth-order valence-corrected chi connectivity index (χ4v) is 2.16. The third-order valence-electron chi connectivity index (χ3n) is 3.01. The number of carbonyl (C=O) groups excluding carboxylic acids is 1. The van der Waals surface area contributed by atoms with Gasteiger partial charge in [0.15, 0.2) is 5.78 Å². The first kappa shape index (κ1) is 14.6. The van der Waals surface area contributed by atoms with E-state index < -0.39 is 5.92 Å². The number of nitrogens with zero attached hydrogens (tertiary/aromatic N) is 1. The molecule has 20 heavy (non-hydrogen) atoms. The van der Waals surface area contributed by atoms with Crippen LogP contribution in [0, 0.1) is 18.3 Å². The molecule has 0 bridgehead atoms. The highest BCUT2D eigenvalue weighted by Crippen LogP contribution is 2.26. The van der Waals surface area contributed by atoms with Crippen molar-refractivity contribution < 1.29 is 4.79 Å². The summed E-state index contributed by atoms with van der Waals surface area (Å²) in [6, 6.07) is 14.0. The van der Waals surface area contributed by atoms with Crippen molar-refractivity contribution in [3.63, 3.8) is 0 Å². The summed E-state index contributed by atoms with van der Waals surface area (Å²) in [6.45, 7) is 1.95. The van der Waals surface area contributed by atoms with Gasteiger partial charge in [-0.3, -0.25) is 4.79 Å². The van der Waals surface area contributed by atoms with Crippen LogP contribution in [-0.4, -0.2) is 5.78 Å². The van der Waals surface area contributed by atoms with Crippen LogP contribution in [0.25, 0.3) is 0 Å². The van der Waals surface area contributed by atoms with E-state index in [-0.39, 0.29) is 5.78 Å². The average molecular weight is 304 g/mol. The van der Waals surface area contributed by atoms with Gasteiger partial charge in [-0.2, -0.15) is 5.26 Å². The Balaban J connectivity index is 2.36. The van der Waals surface area contributed by atoms with Crippen LogP contribution in [0.1, 0.15) is 27.4 Å². The van der Waals surface area contributed by atoms with Gasteiger partial charge in [0.2, 0.25) is 0 Å². The van der Waals surface area contributed by atoms with Gasteiger partial charge in [0.05, 0.1) is 16.1 Å². The Kier molecular flexibility index (Phi) is 4.44. The molecule has 1 atom stereocenters. The van der Waals surface area contributed by atoms with Crippen LogP contribution < -0.4 is 0 Å². The maximum Gasteiger partial charge on any atom is 0.184 e. The van der Waals surface area contributed by atoms with E-state index in [1.807, 2.05) is 25.1 Å². The topological polar surface area (TPSA) is 40.9 Å². The van der Waals surface area contributed by atoms with E-state index >= 15 is 0 Å². The minimum absolute atomic E-state index is 0.282. The Labute approximate surface area is 127 Å². The van der Waals surface area contributed by atoms with Crippen molar-refractivity contribution in [1.29, 1.82) is 5.26 Å². The number of benzene rings is 2.